The fourth-order valence-electron chi connectivity index (χ4n) is 1.92. The van der Waals surface area contributed by atoms with Crippen molar-refractivity contribution in [2.45, 2.75) is 13.3 Å². The van der Waals surface area contributed by atoms with E-state index < -0.39 is 0 Å². The summed E-state index contributed by atoms with van der Waals surface area (Å²) in [5, 5.41) is 18.7. The average Bonchev–Trinajstić information content (AvgIpc) is 2.39. The molecule has 20 heavy (non-hydrogen) atoms. The van der Waals surface area contributed by atoms with Gasteiger partial charge in [0.1, 0.15) is 0 Å². The van der Waals surface area contributed by atoms with E-state index in [-0.39, 0.29) is 17.3 Å². The summed E-state index contributed by atoms with van der Waals surface area (Å²) in [6.07, 6.45) is 0.988. The Kier molecular flexibility index (Phi) is 6.48. The van der Waals surface area contributed by atoms with Crippen LogP contribution in [0.1, 0.15) is 23.7 Å². The molecular formula is C15H24N2O3. The highest BCUT2D eigenvalue weighted by atomic mass is 16.3. The van der Waals surface area contributed by atoms with Gasteiger partial charge >= 0.3 is 0 Å². The van der Waals surface area contributed by atoms with Gasteiger partial charge in [0.25, 0.3) is 0 Å². The normalized spacial score (nSPS) is 11.2. The molecule has 0 bridgehead atoms. The molecule has 2 N–H and O–H groups in total. The van der Waals surface area contributed by atoms with Gasteiger partial charge in [-0.3, -0.25) is 9.69 Å². The second kappa shape index (κ2) is 7.87. The minimum atomic E-state index is -0.258. The molecule has 0 fully saturated rings. The van der Waals surface area contributed by atoms with E-state index in [0.29, 0.717) is 12.1 Å². The first-order valence-electron chi connectivity index (χ1n) is 6.86. The predicted molar refractivity (Wildman–Crippen MR) is 79.4 cm³/mol. The number of phenols is 2. The molecule has 1 aromatic rings. The first-order chi connectivity index (χ1) is 9.43. The van der Waals surface area contributed by atoms with Crippen LogP contribution in [0, 0.1) is 0 Å². The number of phenolic OH excluding ortho intramolecular Hbond substituents is 2. The van der Waals surface area contributed by atoms with E-state index in [2.05, 4.69) is 16.7 Å². The highest BCUT2D eigenvalue weighted by Gasteiger charge is 2.13. The van der Waals surface area contributed by atoms with E-state index in [1.807, 2.05) is 14.1 Å². The van der Waals surface area contributed by atoms with Gasteiger partial charge in [0, 0.05) is 18.7 Å². The van der Waals surface area contributed by atoms with E-state index in [1.165, 1.54) is 18.2 Å². The van der Waals surface area contributed by atoms with E-state index in [1.54, 1.807) is 0 Å². The summed E-state index contributed by atoms with van der Waals surface area (Å²) in [4.78, 5) is 16.4. The van der Waals surface area contributed by atoms with Gasteiger partial charge in [-0.2, -0.15) is 0 Å². The summed E-state index contributed by atoms with van der Waals surface area (Å²) in [5.41, 5.74) is 0.422. The number of ketones is 1. The fraction of sp³-hybridized carbons (Fsp3) is 0.533. The number of Topliss-reactive ketones (excluding diaryl/α,β-unsaturated/α-hetero) is 1. The van der Waals surface area contributed by atoms with E-state index in [4.69, 9.17) is 0 Å². The number of hydrogen-bond donors (Lipinski definition) is 2. The van der Waals surface area contributed by atoms with Gasteiger partial charge in [-0.25, -0.2) is 0 Å². The van der Waals surface area contributed by atoms with Gasteiger partial charge in [-0.05, 0) is 45.3 Å². The standard InChI is InChI=1S/C15H24N2O3/c1-4-7-17(9-8-16(2)3)11-15(20)12-5-6-13(18)14(19)10-12/h5-6,10,18-19H,4,7-9,11H2,1-3H3. The number of benzene rings is 1. The Hall–Kier alpha value is -1.59. The number of nitrogens with zero attached hydrogens (tertiary/aromatic N) is 2. The van der Waals surface area contributed by atoms with Crippen LogP contribution in [0.5, 0.6) is 11.5 Å². The average molecular weight is 280 g/mol. The minimum Gasteiger partial charge on any atom is -0.504 e. The van der Waals surface area contributed by atoms with Crippen LogP contribution in [-0.2, 0) is 0 Å². The molecule has 5 nitrogen and oxygen atoms in total. The molecule has 0 unspecified atom stereocenters. The van der Waals surface area contributed by atoms with Gasteiger partial charge in [0.05, 0.1) is 6.54 Å². The zero-order valence-corrected chi connectivity index (χ0v) is 12.5. The zero-order valence-electron chi connectivity index (χ0n) is 12.5. The molecule has 0 amide bonds. The number of aromatic hydroxyl groups is 2. The van der Waals surface area contributed by atoms with Crippen molar-refractivity contribution < 1.29 is 15.0 Å². The Morgan fingerprint density at radius 1 is 1.10 bits per heavy atom. The van der Waals surface area contributed by atoms with Crippen molar-refractivity contribution in [1.29, 1.82) is 0 Å². The number of likely N-dealkylation sites (N-methyl/N-ethyl adjacent to an activating group) is 1. The summed E-state index contributed by atoms with van der Waals surface area (Å²) < 4.78 is 0. The number of carbonyl (C=O) groups is 1. The van der Waals surface area contributed by atoms with Crippen LogP contribution in [0.3, 0.4) is 0 Å². The molecule has 0 heterocycles. The van der Waals surface area contributed by atoms with Crippen molar-refractivity contribution >= 4 is 5.78 Å². The lowest BCUT2D eigenvalue weighted by Gasteiger charge is -2.22. The topological polar surface area (TPSA) is 64.0 Å². The van der Waals surface area contributed by atoms with E-state index >= 15 is 0 Å². The van der Waals surface area contributed by atoms with Crippen LogP contribution in [-0.4, -0.2) is 66.1 Å². The lowest BCUT2D eigenvalue weighted by molar-refractivity contribution is 0.0925. The van der Waals surface area contributed by atoms with Gasteiger partial charge in [0.15, 0.2) is 17.3 Å². The van der Waals surface area contributed by atoms with Crippen molar-refractivity contribution in [2.75, 3.05) is 40.3 Å². The number of rotatable bonds is 8. The highest BCUT2D eigenvalue weighted by Crippen LogP contribution is 2.25. The first-order valence-corrected chi connectivity index (χ1v) is 6.86. The van der Waals surface area contributed by atoms with Crippen molar-refractivity contribution in [3.8, 4) is 11.5 Å². The summed E-state index contributed by atoms with van der Waals surface area (Å²) in [6, 6.07) is 4.19. The van der Waals surface area contributed by atoms with E-state index in [0.717, 1.165) is 26.1 Å². The number of hydrogen-bond acceptors (Lipinski definition) is 5. The first kappa shape index (κ1) is 16.5. The molecule has 0 radical (unpaired) electrons. The summed E-state index contributed by atoms with van der Waals surface area (Å²) in [7, 11) is 4.01. The minimum absolute atomic E-state index is 0.0486. The van der Waals surface area contributed by atoms with Gasteiger partial charge in [0.2, 0.25) is 0 Å². The lowest BCUT2D eigenvalue weighted by atomic mass is 10.1. The van der Waals surface area contributed by atoms with Gasteiger partial charge in [-0.1, -0.05) is 6.92 Å². The van der Waals surface area contributed by atoms with Crippen LogP contribution >= 0.6 is 0 Å². The summed E-state index contributed by atoms with van der Waals surface area (Å²) in [5.74, 6) is -0.515. The third-order valence-electron chi connectivity index (χ3n) is 3.07. The third kappa shape index (κ3) is 5.19. The quantitative estimate of drug-likeness (QED) is 0.559. The second-order valence-electron chi connectivity index (χ2n) is 5.21. The van der Waals surface area contributed by atoms with Crippen LogP contribution in [0.15, 0.2) is 18.2 Å². The van der Waals surface area contributed by atoms with Crippen molar-refractivity contribution in [1.82, 2.24) is 9.80 Å². The molecule has 0 aliphatic carbocycles. The predicted octanol–water partition coefficient (Wildman–Crippen LogP) is 1.55. The molecule has 0 saturated carbocycles. The van der Waals surface area contributed by atoms with Crippen LogP contribution in [0.25, 0.3) is 0 Å². The van der Waals surface area contributed by atoms with E-state index in [9.17, 15) is 15.0 Å². The second-order valence-corrected chi connectivity index (χ2v) is 5.21. The molecule has 1 aromatic carbocycles. The molecule has 0 aromatic heterocycles. The maximum Gasteiger partial charge on any atom is 0.176 e. The largest absolute Gasteiger partial charge is 0.504 e. The van der Waals surface area contributed by atoms with Crippen molar-refractivity contribution in [3.05, 3.63) is 23.8 Å². The third-order valence-corrected chi connectivity index (χ3v) is 3.07. The lowest BCUT2D eigenvalue weighted by Crippen LogP contribution is -2.36. The zero-order chi connectivity index (χ0) is 15.1. The molecule has 0 aliphatic heterocycles. The Bertz CT molecular complexity index is 447. The van der Waals surface area contributed by atoms with Crippen molar-refractivity contribution in [2.24, 2.45) is 0 Å². The highest BCUT2D eigenvalue weighted by molar-refractivity contribution is 5.98. The molecule has 0 spiro atoms. The van der Waals surface area contributed by atoms with Gasteiger partial charge < -0.3 is 15.1 Å². The molecule has 0 saturated heterocycles. The van der Waals surface area contributed by atoms with Crippen LogP contribution in [0.2, 0.25) is 0 Å². The molecule has 5 heteroatoms. The van der Waals surface area contributed by atoms with Crippen molar-refractivity contribution in [3.63, 3.8) is 0 Å². The van der Waals surface area contributed by atoms with Crippen LogP contribution < -0.4 is 0 Å². The number of carbonyl (C=O) groups excluding carboxylic acids is 1. The molecule has 0 aliphatic rings. The van der Waals surface area contributed by atoms with Crippen LogP contribution in [0.4, 0.5) is 0 Å². The molecular weight excluding hydrogens is 256 g/mol. The maximum atomic E-state index is 12.2. The smallest absolute Gasteiger partial charge is 0.176 e. The Balaban J connectivity index is 2.66. The Morgan fingerprint density at radius 2 is 1.80 bits per heavy atom. The molecule has 112 valence electrons. The summed E-state index contributed by atoms with van der Waals surface area (Å²) in [6.45, 7) is 5.00. The monoisotopic (exact) mass is 280 g/mol. The SMILES string of the molecule is CCCN(CCN(C)C)CC(=O)c1ccc(O)c(O)c1. The van der Waals surface area contributed by atoms with Gasteiger partial charge in [-0.15, -0.1) is 0 Å². The maximum absolute atomic E-state index is 12.2. The molecule has 1 rings (SSSR count). The Labute approximate surface area is 120 Å². The molecule has 0 atom stereocenters. The fourth-order valence-corrected chi connectivity index (χ4v) is 1.92. The summed E-state index contributed by atoms with van der Waals surface area (Å²) >= 11 is 0. The Morgan fingerprint density at radius 3 is 2.35 bits per heavy atom.